The maximum absolute atomic E-state index is 8.67. The first-order valence-corrected chi connectivity index (χ1v) is 5.43. The van der Waals surface area contributed by atoms with Gasteiger partial charge in [-0.25, -0.2) is 0 Å². The smallest absolute Gasteiger partial charge is 0.120 e. The van der Waals surface area contributed by atoms with Crippen LogP contribution in [0, 0.1) is 11.3 Å². The molecule has 2 N–H and O–H groups in total. The summed E-state index contributed by atoms with van der Waals surface area (Å²) in [5.74, 6) is 0.770. The van der Waals surface area contributed by atoms with Crippen molar-refractivity contribution in [2.75, 3.05) is 5.73 Å². The molecule has 1 aromatic rings. The molecule has 0 radical (unpaired) electrons. The van der Waals surface area contributed by atoms with E-state index in [1.807, 2.05) is 26.0 Å². The fourth-order valence-electron chi connectivity index (χ4n) is 1.28. The molecule has 3 heteroatoms. The summed E-state index contributed by atoms with van der Waals surface area (Å²) in [4.78, 5) is 0. The molecule has 0 heterocycles. The van der Waals surface area contributed by atoms with E-state index in [-0.39, 0.29) is 5.60 Å². The lowest BCUT2D eigenvalue weighted by atomic mass is 10.1. The van der Waals surface area contributed by atoms with Crippen LogP contribution in [-0.2, 0) is 6.42 Å². The van der Waals surface area contributed by atoms with Gasteiger partial charge in [0.05, 0.1) is 12.5 Å². The Balaban J connectivity index is 2.91. The number of hydrogen-bond acceptors (Lipinski definition) is 3. The van der Waals surface area contributed by atoms with Crippen molar-refractivity contribution in [1.29, 1.82) is 5.26 Å². The second-order valence-electron chi connectivity index (χ2n) is 4.41. The highest BCUT2D eigenvalue weighted by Crippen LogP contribution is 2.25. The predicted octanol–water partition coefficient (Wildman–Crippen LogP) is 2.90. The van der Waals surface area contributed by atoms with Gasteiger partial charge in [0, 0.05) is 5.69 Å². The number of benzene rings is 1. The zero-order valence-corrected chi connectivity index (χ0v) is 10.1. The lowest BCUT2D eigenvalue weighted by Gasteiger charge is -2.25. The Morgan fingerprint density at radius 2 is 2.12 bits per heavy atom. The third-order valence-corrected chi connectivity index (χ3v) is 2.63. The van der Waals surface area contributed by atoms with E-state index in [4.69, 9.17) is 15.7 Å². The summed E-state index contributed by atoms with van der Waals surface area (Å²) >= 11 is 0. The van der Waals surface area contributed by atoms with Crippen molar-refractivity contribution in [2.45, 2.75) is 39.2 Å². The normalized spacial score (nSPS) is 10.9. The predicted molar refractivity (Wildman–Crippen MR) is 65.2 cm³/mol. The third kappa shape index (κ3) is 3.16. The quantitative estimate of drug-likeness (QED) is 0.790. The molecule has 0 saturated heterocycles. The molecule has 3 nitrogen and oxygen atoms in total. The Hall–Kier alpha value is -1.69. The van der Waals surface area contributed by atoms with Gasteiger partial charge in [-0.1, -0.05) is 6.92 Å². The average molecular weight is 218 g/mol. The summed E-state index contributed by atoms with van der Waals surface area (Å²) in [6, 6.07) is 7.56. The van der Waals surface area contributed by atoms with Crippen LogP contribution >= 0.6 is 0 Å². The van der Waals surface area contributed by atoms with Gasteiger partial charge in [0.2, 0.25) is 0 Å². The molecular weight excluding hydrogens is 200 g/mol. The van der Waals surface area contributed by atoms with Gasteiger partial charge in [0.1, 0.15) is 11.4 Å². The summed E-state index contributed by atoms with van der Waals surface area (Å²) in [6.45, 7) is 6.15. The van der Waals surface area contributed by atoms with E-state index < -0.39 is 0 Å². The average Bonchev–Trinajstić information content (AvgIpc) is 2.23. The van der Waals surface area contributed by atoms with Crippen LogP contribution in [0.25, 0.3) is 0 Å². The first kappa shape index (κ1) is 12.4. The molecule has 86 valence electrons. The van der Waals surface area contributed by atoms with Crippen molar-refractivity contribution in [3.63, 3.8) is 0 Å². The van der Waals surface area contributed by atoms with E-state index in [1.165, 1.54) is 0 Å². The molecule has 1 aromatic carbocycles. The Morgan fingerprint density at radius 3 is 2.69 bits per heavy atom. The molecular formula is C13H18N2O. The van der Waals surface area contributed by atoms with Crippen molar-refractivity contribution in [3.05, 3.63) is 23.8 Å². The Bertz CT molecular complexity index is 405. The molecule has 0 aliphatic heterocycles. The van der Waals surface area contributed by atoms with Gasteiger partial charge in [0.25, 0.3) is 0 Å². The first-order valence-electron chi connectivity index (χ1n) is 5.43. The topological polar surface area (TPSA) is 59.0 Å². The lowest BCUT2D eigenvalue weighted by Crippen LogP contribution is -2.26. The minimum absolute atomic E-state index is 0.194. The first-order chi connectivity index (χ1) is 7.48. The molecule has 1 rings (SSSR count). The van der Waals surface area contributed by atoms with Crippen molar-refractivity contribution < 1.29 is 4.74 Å². The van der Waals surface area contributed by atoms with E-state index in [1.54, 1.807) is 6.07 Å². The minimum atomic E-state index is -0.194. The van der Waals surface area contributed by atoms with Gasteiger partial charge in [-0.2, -0.15) is 5.26 Å². The monoisotopic (exact) mass is 218 g/mol. The SMILES string of the molecule is CCC(C)(C)Oc1ccc(N)c(CC#N)c1. The zero-order valence-electron chi connectivity index (χ0n) is 10.1. The van der Waals surface area contributed by atoms with E-state index in [0.717, 1.165) is 17.7 Å². The maximum Gasteiger partial charge on any atom is 0.120 e. The fourth-order valence-corrected chi connectivity index (χ4v) is 1.28. The van der Waals surface area contributed by atoms with E-state index in [9.17, 15) is 0 Å². The van der Waals surface area contributed by atoms with Crippen LogP contribution in [-0.4, -0.2) is 5.60 Å². The molecule has 16 heavy (non-hydrogen) atoms. The van der Waals surface area contributed by atoms with Crippen LogP contribution in [0.1, 0.15) is 32.8 Å². The second kappa shape index (κ2) is 4.89. The Kier molecular flexibility index (Phi) is 3.78. The highest BCUT2D eigenvalue weighted by atomic mass is 16.5. The van der Waals surface area contributed by atoms with Crippen LogP contribution < -0.4 is 10.5 Å². The number of nitrogen functional groups attached to an aromatic ring is 1. The summed E-state index contributed by atoms with van der Waals surface area (Å²) in [7, 11) is 0. The molecule has 0 aliphatic rings. The van der Waals surface area contributed by atoms with Gasteiger partial charge in [-0.15, -0.1) is 0 Å². The van der Waals surface area contributed by atoms with Crippen LogP contribution in [0.4, 0.5) is 5.69 Å². The summed E-state index contributed by atoms with van der Waals surface area (Å²) in [5, 5.41) is 8.67. The van der Waals surface area contributed by atoms with Gasteiger partial charge in [-0.3, -0.25) is 0 Å². The fraction of sp³-hybridized carbons (Fsp3) is 0.462. The van der Waals surface area contributed by atoms with Crippen molar-refractivity contribution >= 4 is 5.69 Å². The molecule has 0 fully saturated rings. The highest BCUT2D eigenvalue weighted by Gasteiger charge is 2.17. The molecule has 0 atom stereocenters. The summed E-state index contributed by atoms with van der Waals surface area (Å²) in [5.41, 5.74) is 7.04. The van der Waals surface area contributed by atoms with E-state index >= 15 is 0 Å². The second-order valence-corrected chi connectivity index (χ2v) is 4.41. The lowest BCUT2D eigenvalue weighted by molar-refractivity contribution is 0.105. The maximum atomic E-state index is 8.67. The Labute approximate surface area is 96.8 Å². The standard InChI is InChI=1S/C13H18N2O/c1-4-13(2,3)16-11-5-6-12(15)10(9-11)7-8-14/h5-6,9H,4,7,15H2,1-3H3. The number of nitrogens with two attached hydrogens (primary N) is 1. The summed E-state index contributed by atoms with van der Waals surface area (Å²) in [6.07, 6.45) is 1.24. The van der Waals surface area contributed by atoms with E-state index in [0.29, 0.717) is 12.1 Å². The summed E-state index contributed by atoms with van der Waals surface area (Å²) < 4.78 is 5.83. The van der Waals surface area contributed by atoms with Crippen LogP contribution in [0.5, 0.6) is 5.75 Å². The number of nitriles is 1. The largest absolute Gasteiger partial charge is 0.488 e. The number of ether oxygens (including phenoxy) is 1. The van der Waals surface area contributed by atoms with Crippen molar-refractivity contribution in [1.82, 2.24) is 0 Å². The van der Waals surface area contributed by atoms with Crippen molar-refractivity contribution in [3.8, 4) is 11.8 Å². The highest BCUT2D eigenvalue weighted by molar-refractivity contribution is 5.51. The third-order valence-electron chi connectivity index (χ3n) is 2.63. The van der Waals surface area contributed by atoms with Crippen LogP contribution in [0.3, 0.4) is 0 Å². The molecule has 0 saturated carbocycles. The minimum Gasteiger partial charge on any atom is -0.488 e. The molecule has 0 bridgehead atoms. The number of nitrogens with zero attached hydrogens (tertiary/aromatic N) is 1. The molecule has 0 aliphatic carbocycles. The van der Waals surface area contributed by atoms with Crippen molar-refractivity contribution in [2.24, 2.45) is 0 Å². The zero-order chi connectivity index (χ0) is 12.2. The van der Waals surface area contributed by atoms with Gasteiger partial charge in [-0.05, 0) is 44.0 Å². The van der Waals surface area contributed by atoms with Crippen LogP contribution in [0.15, 0.2) is 18.2 Å². The molecule has 0 amide bonds. The number of anilines is 1. The Morgan fingerprint density at radius 1 is 1.44 bits per heavy atom. The molecule has 0 aromatic heterocycles. The molecule has 0 unspecified atom stereocenters. The van der Waals surface area contributed by atoms with Crippen LogP contribution in [0.2, 0.25) is 0 Å². The van der Waals surface area contributed by atoms with E-state index in [2.05, 4.69) is 13.0 Å². The molecule has 0 spiro atoms. The number of rotatable bonds is 4. The number of hydrogen-bond donors (Lipinski definition) is 1. The van der Waals surface area contributed by atoms with Gasteiger partial charge >= 0.3 is 0 Å². The van der Waals surface area contributed by atoms with Gasteiger partial charge in [0.15, 0.2) is 0 Å². The van der Waals surface area contributed by atoms with Gasteiger partial charge < -0.3 is 10.5 Å².